The number of morpholine rings is 1. The molecule has 0 aliphatic carbocycles. The monoisotopic (exact) mass is 214 g/mol. The number of urea groups is 1. The SMILES string of the molecule is CC(C)C(C)N(C)C(=O)N1CCOCC1. The molecule has 4 heteroatoms. The molecule has 1 unspecified atom stereocenters. The van der Waals surface area contributed by atoms with Gasteiger partial charge in [0.1, 0.15) is 0 Å². The molecule has 1 fully saturated rings. The van der Waals surface area contributed by atoms with Crippen LogP contribution in [0.15, 0.2) is 0 Å². The van der Waals surface area contributed by atoms with Gasteiger partial charge in [-0.3, -0.25) is 0 Å². The maximum Gasteiger partial charge on any atom is 0.320 e. The highest BCUT2D eigenvalue weighted by molar-refractivity contribution is 5.74. The van der Waals surface area contributed by atoms with Gasteiger partial charge in [0.05, 0.1) is 13.2 Å². The van der Waals surface area contributed by atoms with Crippen LogP contribution in [0.1, 0.15) is 20.8 Å². The summed E-state index contributed by atoms with van der Waals surface area (Å²) in [6.07, 6.45) is 0. The van der Waals surface area contributed by atoms with E-state index in [0.717, 1.165) is 0 Å². The normalized spacial score (nSPS) is 19.1. The first kappa shape index (κ1) is 12.3. The van der Waals surface area contributed by atoms with Crippen LogP contribution in [0.4, 0.5) is 4.79 Å². The molecule has 4 nitrogen and oxygen atoms in total. The van der Waals surface area contributed by atoms with Crippen LogP contribution in [-0.4, -0.2) is 55.2 Å². The Morgan fingerprint density at radius 1 is 1.27 bits per heavy atom. The largest absolute Gasteiger partial charge is 0.378 e. The number of nitrogens with zero attached hydrogens (tertiary/aromatic N) is 2. The molecule has 0 radical (unpaired) electrons. The summed E-state index contributed by atoms with van der Waals surface area (Å²) in [4.78, 5) is 15.7. The highest BCUT2D eigenvalue weighted by Gasteiger charge is 2.24. The molecule has 88 valence electrons. The lowest BCUT2D eigenvalue weighted by molar-refractivity contribution is 0.0408. The molecule has 0 spiro atoms. The lowest BCUT2D eigenvalue weighted by Gasteiger charge is -2.35. The number of ether oxygens (including phenoxy) is 1. The van der Waals surface area contributed by atoms with Crippen LogP contribution in [0.5, 0.6) is 0 Å². The number of hydrogen-bond acceptors (Lipinski definition) is 2. The van der Waals surface area contributed by atoms with Crippen molar-refractivity contribution < 1.29 is 9.53 Å². The van der Waals surface area contributed by atoms with Crippen LogP contribution in [0.25, 0.3) is 0 Å². The van der Waals surface area contributed by atoms with Crippen molar-refractivity contribution >= 4 is 6.03 Å². The predicted molar refractivity (Wildman–Crippen MR) is 59.9 cm³/mol. The van der Waals surface area contributed by atoms with Crippen molar-refractivity contribution in [2.24, 2.45) is 5.92 Å². The molecular weight excluding hydrogens is 192 g/mol. The molecule has 1 saturated heterocycles. The van der Waals surface area contributed by atoms with Crippen molar-refractivity contribution in [3.8, 4) is 0 Å². The van der Waals surface area contributed by atoms with E-state index in [4.69, 9.17) is 4.74 Å². The van der Waals surface area contributed by atoms with Crippen molar-refractivity contribution in [1.82, 2.24) is 9.80 Å². The summed E-state index contributed by atoms with van der Waals surface area (Å²) in [5.74, 6) is 0.486. The van der Waals surface area contributed by atoms with Gasteiger partial charge in [0.25, 0.3) is 0 Å². The van der Waals surface area contributed by atoms with Gasteiger partial charge in [-0.05, 0) is 12.8 Å². The standard InChI is InChI=1S/C11H22N2O2/c1-9(2)10(3)12(4)11(14)13-5-7-15-8-6-13/h9-10H,5-8H2,1-4H3. The van der Waals surface area contributed by atoms with Crippen LogP contribution >= 0.6 is 0 Å². The fourth-order valence-corrected chi connectivity index (χ4v) is 1.60. The van der Waals surface area contributed by atoms with Crippen LogP contribution in [0.2, 0.25) is 0 Å². The summed E-state index contributed by atoms with van der Waals surface area (Å²) in [5.41, 5.74) is 0. The molecule has 0 aromatic carbocycles. The number of carbonyl (C=O) groups excluding carboxylic acids is 1. The third-order valence-corrected chi connectivity index (χ3v) is 3.16. The Kier molecular flexibility index (Phi) is 4.39. The number of carbonyl (C=O) groups is 1. The van der Waals surface area contributed by atoms with Crippen molar-refractivity contribution in [3.05, 3.63) is 0 Å². The van der Waals surface area contributed by atoms with Gasteiger partial charge in [0.15, 0.2) is 0 Å². The van der Waals surface area contributed by atoms with E-state index >= 15 is 0 Å². The van der Waals surface area contributed by atoms with Crippen LogP contribution in [0.3, 0.4) is 0 Å². The van der Waals surface area contributed by atoms with Gasteiger partial charge in [0, 0.05) is 26.2 Å². The zero-order chi connectivity index (χ0) is 11.4. The molecule has 1 rings (SSSR count). The molecule has 15 heavy (non-hydrogen) atoms. The van der Waals surface area contributed by atoms with Gasteiger partial charge in [-0.2, -0.15) is 0 Å². The Morgan fingerprint density at radius 2 is 1.80 bits per heavy atom. The molecule has 2 amide bonds. The van der Waals surface area contributed by atoms with Crippen molar-refractivity contribution in [1.29, 1.82) is 0 Å². The van der Waals surface area contributed by atoms with Crippen LogP contribution in [0, 0.1) is 5.92 Å². The van der Waals surface area contributed by atoms with Gasteiger partial charge >= 0.3 is 6.03 Å². The summed E-state index contributed by atoms with van der Waals surface area (Å²) in [7, 11) is 1.88. The first-order valence-electron chi connectivity index (χ1n) is 5.63. The molecule has 1 heterocycles. The zero-order valence-electron chi connectivity index (χ0n) is 10.2. The second-order valence-corrected chi connectivity index (χ2v) is 4.48. The average molecular weight is 214 g/mol. The lowest BCUT2D eigenvalue weighted by Crippen LogP contribution is -2.50. The Balaban J connectivity index is 2.50. The predicted octanol–water partition coefficient (Wildman–Crippen LogP) is 1.41. The highest BCUT2D eigenvalue weighted by atomic mass is 16.5. The third-order valence-electron chi connectivity index (χ3n) is 3.16. The maximum atomic E-state index is 12.0. The van der Waals surface area contributed by atoms with Crippen LogP contribution < -0.4 is 0 Å². The summed E-state index contributed by atoms with van der Waals surface area (Å²) >= 11 is 0. The van der Waals surface area contributed by atoms with E-state index in [1.54, 1.807) is 0 Å². The summed E-state index contributed by atoms with van der Waals surface area (Å²) in [6, 6.07) is 0.403. The molecule has 1 aliphatic heterocycles. The minimum Gasteiger partial charge on any atom is -0.378 e. The fourth-order valence-electron chi connectivity index (χ4n) is 1.60. The highest BCUT2D eigenvalue weighted by Crippen LogP contribution is 2.11. The first-order valence-corrected chi connectivity index (χ1v) is 5.63. The molecule has 0 bridgehead atoms. The minimum atomic E-state index is 0.125. The van der Waals surface area contributed by atoms with Gasteiger partial charge in [-0.25, -0.2) is 4.79 Å². The van der Waals surface area contributed by atoms with Crippen LogP contribution in [-0.2, 0) is 4.74 Å². The van der Waals surface area contributed by atoms with E-state index in [1.807, 2.05) is 16.8 Å². The summed E-state index contributed by atoms with van der Waals surface area (Å²) < 4.78 is 5.23. The summed E-state index contributed by atoms with van der Waals surface area (Å²) in [5, 5.41) is 0. The summed E-state index contributed by atoms with van der Waals surface area (Å²) in [6.45, 7) is 9.11. The number of rotatable bonds is 2. The fraction of sp³-hybridized carbons (Fsp3) is 0.909. The van der Waals surface area contributed by atoms with E-state index < -0.39 is 0 Å². The van der Waals surface area contributed by atoms with E-state index in [-0.39, 0.29) is 12.1 Å². The van der Waals surface area contributed by atoms with E-state index in [2.05, 4.69) is 20.8 Å². The number of hydrogen-bond donors (Lipinski definition) is 0. The van der Waals surface area contributed by atoms with Gasteiger partial charge in [0.2, 0.25) is 0 Å². The lowest BCUT2D eigenvalue weighted by atomic mass is 10.1. The molecule has 0 aromatic heterocycles. The van der Waals surface area contributed by atoms with E-state index in [0.29, 0.717) is 32.2 Å². The molecule has 1 aliphatic rings. The maximum absolute atomic E-state index is 12.0. The second kappa shape index (κ2) is 5.35. The van der Waals surface area contributed by atoms with Crippen molar-refractivity contribution in [2.45, 2.75) is 26.8 Å². The Labute approximate surface area is 92.2 Å². The van der Waals surface area contributed by atoms with Gasteiger partial charge in [-0.15, -0.1) is 0 Å². The first-order chi connectivity index (χ1) is 7.04. The Hall–Kier alpha value is -0.770. The smallest absolute Gasteiger partial charge is 0.320 e. The van der Waals surface area contributed by atoms with Crippen molar-refractivity contribution in [2.75, 3.05) is 33.4 Å². The number of amides is 2. The molecule has 0 saturated carbocycles. The molecule has 0 N–H and O–H groups in total. The second-order valence-electron chi connectivity index (χ2n) is 4.48. The quantitative estimate of drug-likeness (QED) is 0.696. The minimum absolute atomic E-state index is 0.125. The van der Waals surface area contributed by atoms with Gasteiger partial charge < -0.3 is 14.5 Å². The Bertz CT molecular complexity index is 213. The Morgan fingerprint density at radius 3 is 2.27 bits per heavy atom. The topological polar surface area (TPSA) is 32.8 Å². The third kappa shape index (κ3) is 3.09. The molecule has 1 atom stereocenters. The zero-order valence-corrected chi connectivity index (χ0v) is 10.2. The molecular formula is C11H22N2O2. The van der Waals surface area contributed by atoms with Crippen molar-refractivity contribution in [3.63, 3.8) is 0 Å². The average Bonchev–Trinajstić information content (AvgIpc) is 2.27. The molecule has 0 aromatic rings. The van der Waals surface area contributed by atoms with E-state index in [1.165, 1.54) is 0 Å². The van der Waals surface area contributed by atoms with E-state index in [9.17, 15) is 4.79 Å². The van der Waals surface area contributed by atoms with Gasteiger partial charge in [-0.1, -0.05) is 13.8 Å².